The van der Waals surface area contributed by atoms with Crippen LogP contribution in [0.4, 0.5) is 4.79 Å². The summed E-state index contributed by atoms with van der Waals surface area (Å²) in [5.74, 6) is 0.373. The molecule has 1 heterocycles. The fourth-order valence-corrected chi connectivity index (χ4v) is 5.90. The molecule has 3 rings (SSSR count). The normalized spacial score (nSPS) is 43.3. The number of thioether (sulfide) groups is 1. The van der Waals surface area contributed by atoms with Crippen molar-refractivity contribution in [1.29, 1.82) is 0 Å². The lowest BCUT2D eigenvalue weighted by atomic mass is 9.46. The van der Waals surface area contributed by atoms with Crippen LogP contribution in [0.25, 0.3) is 0 Å². The zero-order valence-corrected chi connectivity index (χ0v) is 15.7. The molecule has 3 aliphatic rings. The van der Waals surface area contributed by atoms with Crippen LogP contribution in [0.5, 0.6) is 0 Å². The molecule has 138 valence electrons. The Balaban J connectivity index is 1.88. The summed E-state index contributed by atoms with van der Waals surface area (Å²) in [6.07, 6.45) is 5.30. The predicted molar refractivity (Wildman–Crippen MR) is 97.7 cm³/mol. The second kappa shape index (κ2) is 6.56. The predicted octanol–water partition coefficient (Wildman–Crippen LogP) is 2.99. The summed E-state index contributed by atoms with van der Waals surface area (Å²) in [7, 11) is 0. The topological polar surface area (TPSA) is 86.6 Å². The molecule has 0 radical (unpaired) electrons. The number of carbonyl (C=O) groups is 2. The third kappa shape index (κ3) is 2.98. The highest BCUT2D eigenvalue weighted by Gasteiger charge is 2.57. The number of rotatable bonds is 3. The molecule has 1 saturated heterocycles. The first-order valence-electron chi connectivity index (χ1n) is 8.92. The quantitative estimate of drug-likeness (QED) is 0.529. The van der Waals surface area contributed by atoms with Crippen molar-refractivity contribution in [2.24, 2.45) is 22.7 Å². The van der Waals surface area contributed by atoms with Gasteiger partial charge in [0, 0.05) is 17.2 Å². The number of amides is 1. The first-order chi connectivity index (χ1) is 11.7. The van der Waals surface area contributed by atoms with Gasteiger partial charge in [0.15, 0.2) is 0 Å². The summed E-state index contributed by atoms with van der Waals surface area (Å²) >= 11 is 0.696. The number of carbonyl (C=O) groups excluding carboxylic acids is 2. The van der Waals surface area contributed by atoms with Crippen molar-refractivity contribution in [3.05, 3.63) is 23.9 Å². The van der Waals surface area contributed by atoms with Crippen molar-refractivity contribution in [1.82, 2.24) is 5.32 Å². The highest BCUT2D eigenvalue weighted by Crippen LogP contribution is 2.61. The third-order valence-corrected chi connectivity index (χ3v) is 7.59. The SMILES string of the molecule is C=C1CC[C@@H]2[C@](C)(CO)[C@H](O)CC[C@@]2(C)[C@@H]1C/C=C1/NC(=O)SC1=O. The minimum Gasteiger partial charge on any atom is -0.396 e. The minimum absolute atomic E-state index is 0.0279. The molecular formula is C19H27NO4S. The van der Waals surface area contributed by atoms with Crippen LogP contribution in [0.2, 0.25) is 0 Å². The van der Waals surface area contributed by atoms with E-state index < -0.39 is 11.5 Å². The van der Waals surface area contributed by atoms with Gasteiger partial charge in [-0.25, -0.2) is 0 Å². The summed E-state index contributed by atoms with van der Waals surface area (Å²) in [4.78, 5) is 23.2. The molecule has 25 heavy (non-hydrogen) atoms. The molecule has 6 heteroatoms. The number of aliphatic hydroxyl groups is 2. The fourth-order valence-electron chi connectivity index (χ4n) is 5.33. The van der Waals surface area contributed by atoms with Crippen molar-refractivity contribution in [2.45, 2.75) is 52.1 Å². The van der Waals surface area contributed by atoms with Gasteiger partial charge in [-0.3, -0.25) is 9.59 Å². The minimum atomic E-state index is -0.508. The van der Waals surface area contributed by atoms with Crippen LogP contribution in [-0.2, 0) is 4.79 Å². The molecule has 5 nitrogen and oxygen atoms in total. The van der Waals surface area contributed by atoms with Crippen LogP contribution < -0.4 is 5.32 Å². The first-order valence-corrected chi connectivity index (χ1v) is 9.74. The summed E-state index contributed by atoms with van der Waals surface area (Å²) in [5, 5.41) is 22.6. The summed E-state index contributed by atoms with van der Waals surface area (Å²) < 4.78 is 0. The van der Waals surface area contributed by atoms with E-state index in [4.69, 9.17) is 0 Å². The van der Waals surface area contributed by atoms with Gasteiger partial charge in [0.25, 0.3) is 5.24 Å². The monoisotopic (exact) mass is 365 g/mol. The third-order valence-electron chi connectivity index (χ3n) is 6.89. The number of nitrogens with one attached hydrogen (secondary N) is 1. The Labute approximate surface area is 152 Å². The molecule has 0 aromatic rings. The van der Waals surface area contributed by atoms with E-state index >= 15 is 0 Å². The molecule has 0 spiro atoms. The number of fused-ring (bicyclic) bond motifs is 1. The van der Waals surface area contributed by atoms with E-state index in [-0.39, 0.29) is 34.2 Å². The highest BCUT2D eigenvalue weighted by molar-refractivity contribution is 8.27. The average molecular weight is 365 g/mol. The molecule has 2 aliphatic carbocycles. The van der Waals surface area contributed by atoms with Gasteiger partial charge in [0.2, 0.25) is 5.12 Å². The van der Waals surface area contributed by atoms with Gasteiger partial charge < -0.3 is 15.5 Å². The van der Waals surface area contributed by atoms with E-state index in [2.05, 4.69) is 18.8 Å². The molecule has 5 atom stereocenters. The van der Waals surface area contributed by atoms with Crippen molar-refractivity contribution in [3.8, 4) is 0 Å². The largest absolute Gasteiger partial charge is 0.396 e. The molecule has 2 saturated carbocycles. The van der Waals surface area contributed by atoms with Gasteiger partial charge in [0.1, 0.15) is 0 Å². The molecule has 3 N–H and O–H groups in total. The Bertz CT molecular complexity index is 645. The first kappa shape index (κ1) is 18.7. The van der Waals surface area contributed by atoms with E-state index in [9.17, 15) is 19.8 Å². The Morgan fingerprint density at radius 3 is 2.68 bits per heavy atom. The molecular weight excluding hydrogens is 338 g/mol. The number of allylic oxidation sites excluding steroid dienone is 2. The van der Waals surface area contributed by atoms with E-state index in [0.29, 0.717) is 30.3 Å². The Morgan fingerprint density at radius 1 is 1.36 bits per heavy atom. The van der Waals surface area contributed by atoms with Crippen LogP contribution in [0, 0.1) is 22.7 Å². The van der Waals surface area contributed by atoms with Gasteiger partial charge in [-0.05, 0) is 49.4 Å². The van der Waals surface area contributed by atoms with Crippen molar-refractivity contribution in [3.63, 3.8) is 0 Å². The van der Waals surface area contributed by atoms with Gasteiger partial charge >= 0.3 is 0 Å². The lowest BCUT2D eigenvalue weighted by Crippen LogP contribution is -2.57. The van der Waals surface area contributed by atoms with Crippen molar-refractivity contribution >= 4 is 22.1 Å². The van der Waals surface area contributed by atoms with E-state index in [1.165, 1.54) is 0 Å². The van der Waals surface area contributed by atoms with Crippen LogP contribution in [0.15, 0.2) is 23.9 Å². The number of aliphatic hydroxyl groups excluding tert-OH is 2. The van der Waals surface area contributed by atoms with Crippen LogP contribution in [0.1, 0.15) is 46.0 Å². The maximum Gasteiger partial charge on any atom is 0.291 e. The Hall–Kier alpha value is -1.11. The molecule has 1 amide bonds. The second-order valence-electron chi connectivity index (χ2n) is 8.18. The highest BCUT2D eigenvalue weighted by atomic mass is 32.2. The standard InChI is InChI=1S/C19H27NO4S/c1-11-4-7-14-18(2,9-8-15(22)19(14,3)10-21)12(11)5-6-13-16(23)25-17(24)20-13/h6,12,14-15,21-22H,1,4-5,7-10H2,2-3H3,(H,20,24)/b13-6+/t12-,14+,15-,18+,19+/m1/s1. The average Bonchev–Trinajstić information content (AvgIpc) is 2.88. The van der Waals surface area contributed by atoms with E-state index in [0.717, 1.165) is 24.8 Å². The molecule has 3 fully saturated rings. The zero-order chi connectivity index (χ0) is 18.4. The summed E-state index contributed by atoms with van der Waals surface area (Å²) in [6.45, 7) is 8.46. The van der Waals surface area contributed by atoms with Crippen molar-refractivity contribution < 1.29 is 19.8 Å². The summed E-state index contributed by atoms with van der Waals surface area (Å²) in [6, 6.07) is 0. The Kier molecular flexibility index (Phi) is 4.90. The Morgan fingerprint density at radius 2 is 2.08 bits per heavy atom. The number of hydrogen-bond donors (Lipinski definition) is 3. The van der Waals surface area contributed by atoms with Crippen LogP contribution in [0.3, 0.4) is 0 Å². The molecule has 0 aromatic carbocycles. The summed E-state index contributed by atoms with van der Waals surface area (Å²) in [5.41, 5.74) is 0.944. The van der Waals surface area contributed by atoms with Gasteiger partial charge in [-0.1, -0.05) is 32.1 Å². The van der Waals surface area contributed by atoms with Gasteiger partial charge in [0.05, 0.1) is 18.4 Å². The molecule has 0 aromatic heterocycles. The maximum atomic E-state index is 11.8. The second-order valence-corrected chi connectivity index (χ2v) is 9.13. The van der Waals surface area contributed by atoms with Gasteiger partial charge in [-0.2, -0.15) is 0 Å². The lowest BCUT2D eigenvalue weighted by molar-refractivity contribution is -0.151. The van der Waals surface area contributed by atoms with E-state index in [1.54, 1.807) is 0 Å². The lowest BCUT2D eigenvalue weighted by Gasteiger charge is -2.59. The van der Waals surface area contributed by atoms with Gasteiger partial charge in [-0.15, -0.1) is 0 Å². The van der Waals surface area contributed by atoms with E-state index in [1.807, 2.05) is 13.0 Å². The molecule has 0 bridgehead atoms. The number of hydrogen-bond acceptors (Lipinski definition) is 5. The van der Waals surface area contributed by atoms with Crippen LogP contribution in [-0.4, -0.2) is 33.3 Å². The smallest absolute Gasteiger partial charge is 0.291 e. The fraction of sp³-hybridized carbons (Fsp3) is 0.684. The van der Waals surface area contributed by atoms with Crippen molar-refractivity contribution in [2.75, 3.05) is 6.61 Å². The zero-order valence-electron chi connectivity index (χ0n) is 14.9. The maximum absolute atomic E-state index is 11.8. The molecule has 1 aliphatic heterocycles. The molecule has 0 unspecified atom stereocenters. The van der Waals surface area contributed by atoms with Crippen LogP contribution >= 0.6 is 11.8 Å².